The van der Waals surface area contributed by atoms with Crippen LogP contribution in [0, 0.1) is 0 Å². The monoisotopic (exact) mass is 338 g/mol. The molecule has 0 amide bonds. The van der Waals surface area contributed by atoms with Gasteiger partial charge in [0.05, 0.1) is 27.5 Å². The average Bonchev–Trinajstić information content (AvgIpc) is 3.09. The van der Waals surface area contributed by atoms with E-state index in [0.29, 0.717) is 0 Å². The van der Waals surface area contributed by atoms with Crippen LogP contribution in [0.25, 0.3) is 11.0 Å². The fraction of sp³-hybridized carbons (Fsp3) is 0.312. The van der Waals surface area contributed by atoms with E-state index in [9.17, 15) is 0 Å². The fourth-order valence-corrected chi connectivity index (χ4v) is 4.03. The van der Waals surface area contributed by atoms with Gasteiger partial charge in [0.2, 0.25) is 0 Å². The van der Waals surface area contributed by atoms with Crippen LogP contribution in [0.1, 0.15) is 42.4 Å². The maximum absolute atomic E-state index is 6.44. The average molecular weight is 339 g/mol. The standard InChI is InChI=1S/C16H16Cl2N2S/c1-3-13(14-8-5-9-21-14)20-15-11(18)6-4-7-12(15)19-16(20)10(2)17/h4-10,13H,3H2,1-2H3. The third-order valence-corrected chi connectivity index (χ3v) is 5.09. The van der Waals surface area contributed by atoms with Crippen molar-refractivity contribution in [3.8, 4) is 0 Å². The zero-order valence-electron chi connectivity index (χ0n) is 11.9. The zero-order valence-corrected chi connectivity index (χ0v) is 14.2. The Morgan fingerprint density at radius 3 is 2.71 bits per heavy atom. The molecule has 0 saturated carbocycles. The Labute approximate surface area is 138 Å². The molecule has 21 heavy (non-hydrogen) atoms. The summed E-state index contributed by atoms with van der Waals surface area (Å²) in [5, 5.41) is 2.66. The number of hydrogen-bond acceptors (Lipinski definition) is 2. The molecule has 2 nitrogen and oxygen atoms in total. The maximum Gasteiger partial charge on any atom is 0.128 e. The molecule has 2 unspecified atom stereocenters. The molecular formula is C16H16Cl2N2S. The predicted molar refractivity (Wildman–Crippen MR) is 91.8 cm³/mol. The van der Waals surface area contributed by atoms with Gasteiger partial charge in [-0.15, -0.1) is 22.9 Å². The van der Waals surface area contributed by atoms with Crippen LogP contribution in [0.3, 0.4) is 0 Å². The van der Waals surface area contributed by atoms with E-state index in [4.69, 9.17) is 28.2 Å². The second-order valence-corrected chi connectivity index (χ2v) is 7.04. The van der Waals surface area contributed by atoms with Crippen molar-refractivity contribution in [2.24, 2.45) is 0 Å². The molecule has 0 fully saturated rings. The lowest BCUT2D eigenvalue weighted by atomic mass is 10.1. The van der Waals surface area contributed by atoms with Crippen LogP contribution in [0.5, 0.6) is 0 Å². The second-order valence-electron chi connectivity index (χ2n) is 5.00. The molecule has 0 saturated heterocycles. The third-order valence-electron chi connectivity index (χ3n) is 3.61. The number of nitrogens with zero attached hydrogens (tertiary/aromatic N) is 2. The first-order chi connectivity index (χ1) is 10.1. The molecule has 0 radical (unpaired) electrons. The van der Waals surface area contributed by atoms with Crippen LogP contribution in [0.4, 0.5) is 0 Å². The first-order valence-corrected chi connectivity index (χ1v) is 8.66. The van der Waals surface area contributed by atoms with Crippen LogP contribution < -0.4 is 0 Å². The second kappa shape index (κ2) is 5.99. The Balaban J connectivity index is 2.30. The lowest BCUT2D eigenvalue weighted by Crippen LogP contribution is -2.12. The Hall–Kier alpha value is -1.03. The van der Waals surface area contributed by atoms with Crippen LogP contribution >= 0.6 is 34.5 Å². The van der Waals surface area contributed by atoms with Crippen molar-refractivity contribution in [1.82, 2.24) is 9.55 Å². The highest BCUT2D eigenvalue weighted by Gasteiger charge is 2.23. The molecule has 0 N–H and O–H groups in total. The summed E-state index contributed by atoms with van der Waals surface area (Å²) in [6.45, 7) is 4.13. The van der Waals surface area contributed by atoms with Crippen LogP contribution in [-0.4, -0.2) is 9.55 Å². The highest BCUT2D eigenvalue weighted by Crippen LogP contribution is 2.36. The summed E-state index contributed by atoms with van der Waals surface area (Å²) in [6, 6.07) is 10.3. The minimum atomic E-state index is -0.164. The number of imidazole rings is 1. The Morgan fingerprint density at radius 1 is 1.29 bits per heavy atom. The van der Waals surface area contributed by atoms with Gasteiger partial charge < -0.3 is 4.57 Å². The van der Waals surface area contributed by atoms with Gasteiger partial charge in [-0.2, -0.15) is 0 Å². The first-order valence-electron chi connectivity index (χ1n) is 6.97. The molecule has 0 aliphatic heterocycles. The van der Waals surface area contributed by atoms with E-state index in [1.54, 1.807) is 11.3 Å². The summed E-state index contributed by atoms with van der Waals surface area (Å²) in [4.78, 5) is 6.00. The van der Waals surface area contributed by atoms with Crippen LogP contribution in [-0.2, 0) is 0 Å². The van der Waals surface area contributed by atoms with Gasteiger partial charge in [-0.1, -0.05) is 30.7 Å². The van der Waals surface area contributed by atoms with Crippen molar-refractivity contribution in [2.75, 3.05) is 0 Å². The molecule has 1 aromatic carbocycles. The van der Waals surface area contributed by atoms with Gasteiger partial charge in [0, 0.05) is 4.88 Å². The number of halogens is 2. The van der Waals surface area contributed by atoms with E-state index in [2.05, 4.69) is 29.0 Å². The van der Waals surface area contributed by atoms with Gasteiger partial charge in [-0.3, -0.25) is 0 Å². The molecule has 2 aromatic heterocycles. The molecule has 0 aliphatic rings. The number of alkyl halides is 1. The quantitative estimate of drug-likeness (QED) is 0.529. The summed E-state index contributed by atoms with van der Waals surface area (Å²) >= 11 is 14.6. The Kier molecular flexibility index (Phi) is 4.25. The molecular weight excluding hydrogens is 323 g/mol. The molecule has 2 atom stereocenters. The fourth-order valence-electron chi connectivity index (χ4n) is 2.71. The molecule has 0 aliphatic carbocycles. The molecule has 3 rings (SSSR count). The molecule has 3 aromatic rings. The van der Waals surface area contributed by atoms with Crippen molar-refractivity contribution in [2.45, 2.75) is 31.7 Å². The van der Waals surface area contributed by atoms with Crippen molar-refractivity contribution in [1.29, 1.82) is 0 Å². The third kappa shape index (κ3) is 2.59. The molecule has 110 valence electrons. The summed E-state index contributed by atoms with van der Waals surface area (Å²) in [6.07, 6.45) is 0.966. The molecule has 0 spiro atoms. The van der Waals surface area contributed by atoms with E-state index in [1.807, 2.05) is 25.1 Å². The number of benzene rings is 1. The Morgan fingerprint density at radius 2 is 2.10 bits per heavy atom. The minimum Gasteiger partial charge on any atom is -0.317 e. The van der Waals surface area contributed by atoms with Crippen LogP contribution in [0.2, 0.25) is 5.02 Å². The lowest BCUT2D eigenvalue weighted by Gasteiger charge is -2.20. The zero-order chi connectivity index (χ0) is 15.0. The number of para-hydroxylation sites is 1. The van der Waals surface area contributed by atoms with Crippen molar-refractivity contribution in [3.05, 3.63) is 51.4 Å². The van der Waals surface area contributed by atoms with Gasteiger partial charge in [-0.25, -0.2) is 4.98 Å². The summed E-state index contributed by atoms with van der Waals surface area (Å²) < 4.78 is 2.21. The normalized spacial score (nSPS) is 14.5. The highest BCUT2D eigenvalue weighted by atomic mass is 35.5. The van der Waals surface area contributed by atoms with Crippen molar-refractivity contribution < 1.29 is 0 Å². The SMILES string of the molecule is CCC(c1cccs1)n1c(C(C)Cl)nc2cccc(Cl)c21. The molecule has 5 heteroatoms. The smallest absolute Gasteiger partial charge is 0.128 e. The molecule has 2 heterocycles. The number of fused-ring (bicyclic) bond motifs is 1. The highest BCUT2D eigenvalue weighted by molar-refractivity contribution is 7.10. The Bertz CT molecular complexity index is 747. The maximum atomic E-state index is 6.44. The number of rotatable bonds is 4. The number of hydrogen-bond donors (Lipinski definition) is 0. The summed E-state index contributed by atoms with van der Waals surface area (Å²) in [7, 11) is 0. The first kappa shape index (κ1) is 14.9. The van der Waals surface area contributed by atoms with Gasteiger partial charge in [-0.05, 0) is 36.9 Å². The van der Waals surface area contributed by atoms with Crippen molar-refractivity contribution in [3.63, 3.8) is 0 Å². The number of thiophene rings is 1. The predicted octanol–water partition coefficient (Wildman–Crippen LogP) is 6.05. The van der Waals surface area contributed by atoms with E-state index in [0.717, 1.165) is 28.3 Å². The van der Waals surface area contributed by atoms with Gasteiger partial charge >= 0.3 is 0 Å². The van der Waals surface area contributed by atoms with Crippen molar-refractivity contribution >= 4 is 45.6 Å². The van der Waals surface area contributed by atoms with Gasteiger partial charge in [0.1, 0.15) is 5.82 Å². The van der Waals surface area contributed by atoms with E-state index >= 15 is 0 Å². The summed E-state index contributed by atoms with van der Waals surface area (Å²) in [5.41, 5.74) is 1.88. The lowest BCUT2D eigenvalue weighted by molar-refractivity contribution is 0.564. The topological polar surface area (TPSA) is 17.8 Å². The van der Waals surface area contributed by atoms with E-state index < -0.39 is 0 Å². The largest absolute Gasteiger partial charge is 0.317 e. The van der Waals surface area contributed by atoms with E-state index in [1.165, 1.54) is 4.88 Å². The molecule has 0 bridgehead atoms. The van der Waals surface area contributed by atoms with Crippen LogP contribution in [0.15, 0.2) is 35.7 Å². The minimum absolute atomic E-state index is 0.164. The van der Waals surface area contributed by atoms with Gasteiger partial charge in [0.15, 0.2) is 0 Å². The van der Waals surface area contributed by atoms with Gasteiger partial charge in [0.25, 0.3) is 0 Å². The van der Waals surface area contributed by atoms with E-state index in [-0.39, 0.29) is 11.4 Å². The number of aromatic nitrogens is 2. The summed E-state index contributed by atoms with van der Waals surface area (Å²) in [5.74, 6) is 0.875.